The van der Waals surface area contributed by atoms with E-state index in [0.717, 1.165) is 111 Å². The molecule has 0 aromatic heterocycles. The van der Waals surface area contributed by atoms with Gasteiger partial charge >= 0.3 is 41.8 Å². The number of cyclic esters (lactones) is 7. The van der Waals surface area contributed by atoms with Crippen LogP contribution in [0.15, 0.2) is 0 Å². The quantitative estimate of drug-likeness (QED) is 0.190. The van der Waals surface area contributed by atoms with E-state index in [1.165, 1.54) is 70.6 Å². The lowest BCUT2D eigenvalue weighted by Crippen LogP contribution is -2.39. The Morgan fingerprint density at radius 2 is 0.837 bits per heavy atom. The summed E-state index contributed by atoms with van der Waals surface area (Å²) in [5, 5.41) is 0. The SMILES string of the molecule is CC1C(C)C2CC1C1COC(=O)C21.CC1CC2CC1C1(CCOC1=O)C2.CC1CC2CC1C1C(=O)OCC21.CC1CC2CC1C1COC(=O)C21.CC1CC2CC1CC21CCOC1=O.CCOC1C(C)C2CC1C1C(=O)OCC21.COC1C(C)C2CC1C1C(=O)OCC21. The van der Waals surface area contributed by atoms with Crippen LogP contribution in [0.5, 0.6) is 0 Å². The van der Waals surface area contributed by atoms with Gasteiger partial charge in [0, 0.05) is 43.3 Å². The average Bonchev–Trinajstić information content (AvgIpc) is 1.60. The molecule has 0 aromatic carbocycles. The van der Waals surface area contributed by atoms with Crippen LogP contribution in [0.3, 0.4) is 0 Å². The van der Waals surface area contributed by atoms with Crippen LogP contribution < -0.4 is 0 Å². The predicted molar refractivity (Wildman–Crippen MR) is 334 cm³/mol. The molecule has 7 heterocycles. The van der Waals surface area contributed by atoms with Gasteiger partial charge in [-0.1, -0.05) is 55.4 Å². The first kappa shape index (κ1) is 64.2. The molecule has 16 heteroatoms. The highest BCUT2D eigenvalue weighted by Crippen LogP contribution is 2.66. The summed E-state index contributed by atoms with van der Waals surface area (Å²) < 4.78 is 47.3. The Kier molecular flexibility index (Phi) is 17.0. The Labute approximate surface area is 546 Å². The van der Waals surface area contributed by atoms with Crippen molar-refractivity contribution in [3.05, 3.63) is 0 Å². The van der Waals surface area contributed by atoms with Gasteiger partial charge in [0.25, 0.3) is 0 Å². The summed E-state index contributed by atoms with van der Waals surface area (Å²) in [7, 11) is 1.76. The topological polar surface area (TPSA) is 203 Å². The molecule has 7 aliphatic heterocycles. The first-order valence-electron chi connectivity index (χ1n) is 37.5. The van der Waals surface area contributed by atoms with Gasteiger partial charge in [-0.15, -0.1) is 0 Å². The fourth-order valence-corrected chi connectivity index (χ4v) is 27.4. The number of carbonyl (C=O) groups is 7. The third-order valence-electron chi connectivity index (χ3n) is 31.7. The van der Waals surface area contributed by atoms with E-state index < -0.39 is 0 Å². The van der Waals surface area contributed by atoms with Crippen LogP contribution in [-0.4, -0.2) is 114 Å². The second-order valence-electron chi connectivity index (χ2n) is 34.9. The lowest BCUT2D eigenvalue weighted by molar-refractivity contribution is -0.150. The molecule has 92 heavy (non-hydrogen) atoms. The van der Waals surface area contributed by atoms with Crippen molar-refractivity contribution in [1.82, 2.24) is 0 Å². The Morgan fingerprint density at radius 3 is 1.36 bits per heavy atom. The number of methoxy groups -OCH3 is 1. The summed E-state index contributed by atoms with van der Waals surface area (Å²) in [6.45, 7) is 26.0. The maximum atomic E-state index is 11.7. The first-order chi connectivity index (χ1) is 44.2. The predicted octanol–water partition coefficient (Wildman–Crippen LogP) is 11.1. The van der Waals surface area contributed by atoms with E-state index >= 15 is 0 Å². The van der Waals surface area contributed by atoms with Gasteiger partial charge in [0.15, 0.2) is 0 Å². The van der Waals surface area contributed by atoms with E-state index in [0.29, 0.717) is 146 Å². The Hall–Kier alpha value is -3.79. The van der Waals surface area contributed by atoms with E-state index in [-0.39, 0.29) is 76.5 Å². The molecule has 14 aliphatic carbocycles. The number of hydrogen-bond donors (Lipinski definition) is 0. The molecule has 21 rings (SSSR count). The first-order valence-corrected chi connectivity index (χ1v) is 37.5. The summed E-state index contributed by atoms with van der Waals surface area (Å²) in [5.41, 5.74) is -0.0422. The van der Waals surface area contributed by atoms with Crippen molar-refractivity contribution in [2.24, 2.45) is 200 Å². The maximum absolute atomic E-state index is 11.7. The molecule has 510 valence electrons. The van der Waals surface area contributed by atoms with E-state index in [1.807, 2.05) is 6.92 Å². The number of fused-ring (bicyclic) bond motifs is 31. The highest BCUT2D eigenvalue weighted by atomic mass is 16.6. The minimum atomic E-state index is -0.0255. The highest BCUT2D eigenvalue weighted by molar-refractivity contribution is 5.81. The van der Waals surface area contributed by atoms with Crippen LogP contribution in [-0.2, 0) is 76.2 Å². The van der Waals surface area contributed by atoms with Crippen LogP contribution >= 0.6 is 0 Å². The molecule has 0 N–H and O–H groups in total. The van der Waals surface area contributed by atoms with Crippen molar-refractivity contribution in [3.63, 3.8) is 0 Å². The van der Waals surface area contributed by atoms with Gasteiger partial charge in [-0.3, -0.25) is 33.6 Å². The van der Waals surface area contributed by atoms with E-state index in [1.54, 1.807) is 7.11 Å². The summed E-state index contributed by atoms with van der Waals surface area (Å²) >= 11 is 0. The third kappa shape index (κ3) is 10.00. The highest BCUT2D eigenvalue weighted by Gasteiger charge is 2.67. The van der Waals surface area contributed by atoms with Crippen molar-refractivity contribution in [1.29, 1.82) is 0 Å². The maximum Gasteiger partial charge on any atom is 0.312 e. The smallest absolute Gasteiger partial charge is 0.312 e. The van der Waals surface area contributed by atoms with Crippen LogP contribution in [0.25, 0.3) is 0 Å². The standard InChI is InChI=1S/C12H18O3.C11H16O3.3C11H16O2.2C10H14O2/c1-3-14-11-6(2)7-4-8(11)10-9(7)5-15-12(10)13;1-5-6-3-7(10(5)13-2)9-8(6)4-14-11(9)12;1-5-6(2)8-3-7(5)9-4-13-11(12)10(8)9;1-7-4-9-5-8(7)6-11(9)2-3-13-10(11)12;1-7-4-8-5-9(7)11(6-8)2-3-13-10(11)12;1-5-2-6-3-7(5)8-4-12-10(11)9(6)8;1-5-2-6-3-7(5)9-8(6)4-12-10(9)11/h6-11H,3-5H2,1-2H3;5-10H,3-4H2,1-2H3;5-10H,3-4H2,1-2H3;2*7-9H,2-6H2,1H3;2*5-9H,2-4H2,1H3. The van der Waals surface area contributed by atoms with Crippen molar-refractivity contribution in [2.45, 2.75) is 171 Å². The summed E-state index contributed by atoms with van der Waals surface area (Å²) in [5.74, 6) is 19.9. The van der Waals surface area contributed by atoms with Crippen molar-refractivity contribution >= 4 is 41.8 Å². The minimum Gasteiger partial charge on any atom is -0.465 e. The molecular weight excluding hydrogens is 1170 g/mol. The second kappa shape index (κ2) is 24.3. The molecule has 0 aromatic rings. The zero-order valence-electron chi connectivity index (χ0n) is 56.9. The number of ether oxygens (including phenoxy) is 9. The van der Waals surface area contributed by atoms with Gasteiger partial charge in [0.1, 0.15) is 0 Å². The van der Waals surface area contributed by atoms with Crippen LogP contribution in [0, 0.1) is 200 Å². The van der Waals surface area contributed by atoms with E-state index in [9.17, 15) is 33.6 Å². The number of carbonyl (C=O) groups excluding carboxylic acids is 7. The zero-order chi connectivity index (χ0) is 64.3. The number of esters is 7. The monoisotopic (exact) mass is 1280 g/mol. The van der Waals surface area contributed by atoms with Gasteiger partial charge in [-0.25, -0.2) is 0 Å². The van der Waals surface area contributed by atoms with Crippen molar-refractivity contribution < 1.29 is 76.2 Å². The molecule has 36 unspecified atom stereocenters. The molecule has 16 nitrogen and oxygen atoms in total. The van der Waals surface area contributed by atoms with E-state index in [2.05, 4.69) is 55.4 Å². The normalized spacial score (nSPS) is 54.7. The van der Waals surface area contributed by atoms with Gasteiger partial charge < -0.3 is 42.6 Å². The lowest BCUT2D eigenvalue weighted by Gasteiger charge is -2.33. The molecule has 0 amide bonds. The van der Waals surface area contributed by atoms with E-state index in [4.69, 9.17) is 42.6 Å². The van der Waals surface area contributed by atoms with Crippen LogP contribution in [0.4, 0.5) is 0 Å². The van der Waals surface area contributed by atoms with Gasteiger partial charge in [-0.2, -0.15) is 0 Å². The third-order valence-corrected chi connectivity index (χ3v) is 31.7. The fourth-order valence-electron chi connectivity index (χ4n) is 27.4. The van der Waals surface area contributed by atoms with Gasteiger partial charge in [-0.05, 0) is 233 Å². The largest absolute Gasteiger partial charge is 0.465 e. The van der Waals surface area contributed by atoms with Gasteiger partial charge in [0.2, 0.25) is 0 Å². The molecule has 7 saturated heterocycles. The van der Waals surface area contributed by atoms with Crippen LogP contribution in [0.1, 0.15) is 159 Å². The number of rotatable bonds is 3. The number of hydrogen-bond acceptors (Lipinski definition) is 16. The lowest BCUT2D eigenvalue weighted by atomic mass is 9.68. The minimum absolute atomic E-state index is 0.0167. The molecule has 2 spiro atoms. The average molecular weight is 1280 g/mol. The fraction of sp³-hybridized carbons (Fsp3) is 0.908. The molecule has 14 bridgehead atoms. The molecule has 14 saturated carbocycles. The molecule has 36 atom stereocenters. The Morgan fingerprint density at radius 1 is 0.370 bits per heavy atom. The van der Waals surface area contributed by atoms with Crippen LogP contribution in [0.2, 0.25) is 0 Å². The zero-order valence-corrected chi connectivity index (χ0v) is 56.9. The van der Waals surface area contributed by atoms with Gasteiger partial charge in [0.05, 0.1) is 98.9 Å². The van der Waals surface area contributed by atoms with Crippen molar-refractivity contribution in [3.8, 4) is 0 Å². The Balaban J connectivity index is 0.0000000891. The molecule has 21 aliphatic rings. The molecule has 0 radical (unpaired) electrons. The summed E-state index contributed by atoms with van der Waals surface area (Å²) in [4.78, 5) is 80.7. The summed E-state index contributed by atoms with van der Waals surface area (Å²) in [6.07, 6.45) is 18.8. The Bertz CT molecular complexity index is 2870. The summed E-state index contributed by atoms with van der Waals surface area (Å²) in [6, 6.07) is 0. The second-order valence-corrected chi connectivity index (χ2v) is 34.9. The molecular formula is C76H110O16. The van der Waals surface area contributed by atoms with Crippen molar-refractivity contribution in [2.75, 3.05) is 60.0 Å². The molecule has 21 fully saturated rings.